The third-order valence-corrected chi connectivity index (χ3v) is 3.83. The Hall–Kier alpha value is -2.06. The number of alkyl halides is 2. The van der Waals surface area contributed by atoms with Crippen molar-refractivity contribution < 1.29 is 23.2 Å². The van der Waals surface area contributed by atoms with Crippen molar-refractivity contribution in [1.82, 2.24) is 9.78 Å². The van der Waals surface area contributed by atoms with Gasteiger partial charge in [-0.15, -0.1) is 0 Å². The van der Waals surface area contributed by atoms with E-state index in [4.69, 9.17) is 4.74 Å². The molecule has 22 heavy (non-hydrogen) atoms. The zero-order chi connectivity index (χ0) is 16.3. The molecular formula is C13H17F2N3O4. The summed E-state index contributed by atoms with van der Waals surface area (Å²) in [6.07, 6.45) is 0.271. The van der Waals surface area contributed by atoms with Gasteiger partial charge in [-0.1, -0.05) is 0 Å². The van der Waals surface area contributed by atoms with Gasteiger partial charge in [-0.25, -0.2) is 8.78 Å². The van der Waals surface area contributed by atoms with E-state index in [0.717, 1.165) is 6.20 Å². The van der Waals surface area contributed by atoms with Crippen molar-refractivity contribution in [2.75, 3.05) is 6.61 Å². The van der Waals surface area contributed by atoms with Gasteiger partial charge in [0, 0.05) is 0 Å². The van der Waals surface area contributed by atoms with E-state index in [1.54, 1.807) is 6.92 Å². The summed E-state index contributed by atoms with van der Waals surface area (Å²) < 4.78 is 31.8. The fourth-order valence-electron chi connectivity index (χ4n) is 2.72. The van der Waals surface area contributed by atoms with Crippen molar-refractivity contribution in [3.8, 4) is 0 Å². The maximum absolute atomic E-state index is 12.8. The Balaban J connectivity index is 2.07. The minimum atomic E-state index is -2.99. The number of hydrogen-bond acceptors (Lipinski definition) is 5. The smallest absolute Gasteiger partial charge is 0.316 e. The van der Waals surface area contributed by atoms with Crippen molar-refractivity contribution in [2.45, 2.75) is 45.1 Å². The molecule has 2 rings (SSSR count). The molecule has 7 nitrogen and oxygen atoms in total. The van der Waals surface area contributed by atoms with Gasteiger partial charge in [0.2, 0.25) is 5.69 Å². The van der Waals surface area contributed by atoms with E-state index in [2.05, 4.69) is 5.10 Å². The summed E-state index contributed by atoms with van der Waals surface area (Å²) >= 11 is 0. The molecule has 1 aliphatic rings. The highest BCUT2D eigenvalue weighted by atomic mass is 19.3. The van der Waals surface area contributed by atoms with Crippen LogP contribution < -0.4 is 0 Å². The van der Waals surface area contributed by atoms with Gasteiger partial charge in [-0.05, 0) is 32.6 Å². The number of ether oxygens (including phenoxy) is 1. The molecule has 0 atom stereocenters. The van der Waals surface area contributed by atoms with Crippen LogP contribution in [0.2, 0.25) is 0 Å². The van der Waals surface area contributed by atoms with Crippen molar-refractivity contribution in [3.63, 3.8) is 0 Å². The van der Waals surface area contributed by atoms with Crippen LogP contribution in [0.5, 0.6) is 0 Å². The molecule has 1 aromatic rings. The van der Waals surface area contributed by atoms with Crippen molar-refractivity contribution in [3.05, 3.63) is 22.0 Å². The summed E-state index contributed by atoms with van der Waals surface area (Å²) in [5.41, 5.74) is -1.47. The molecule has 9 heteroatoms. The molecule has 1 heterocycles. The SMILES string of the molecule is CCOC(=O)[C@H]1CC[C@@H](n2cc([N+](=O)[O-])c(C(F)F)n2)CC1. The van der Waals surface area contributed by atoms with Crippen LogP contribution in [-0.4, -0.2) is 27.3 Å². The lowest BCUT2D eigenvalue weighted by atomic mass is 9.86. The van der Waals surface area contributed by atoms with E-state index >= 15 is 0 Å². The molecule has 0 aliphatic heterocycles. The first-order valence-electron chi connectivity index (χ1n) is 7.12. The first kappa shape index (κ1) is 16.3. The highest BCUT2D eigenvalue weighted by Gasteiger charge is 2.32. The van der Waals surface area contributed by atoms with Gasteiger partial charge in [0.25, 0.3) is 6.43 Å². The number of aromatic nitrogens is 2. The summed E-state index contributed by atoms with van der Waals surface area (Å²) in [6.45, 7) is 2.06. The second-order valence-corrected chi connectivity index (χ2v) is 5.19. The summed E-state index contributed by atoms with van der Waals surface area (Å²) in [4.78, 5) is 21.6. The zero-order valence-corrected chi connectivity index (χ0v) is 12.1. The van der Waals surface area contributed by atoms with Crippen molar-refractivity contribution >= 4 is 11.7 Å². The molecule has 1 fully saturated rings. The Morgan fingerprint density at radius 2 is 2.14 bits per heavy atom. The zero-order valence-electron chi connectivity index (χ0n) is 12.1. The first-order valence-corrected chi connectivity index (χ1v) is 7.12. The molecule has 1 aromatic heterocycles. The van der Waals surface area contributed by atoms with Gasteiger partial charge in [0.1, 0.15) is 6.20 Å². The van der Waals surface area contributed by atoms with Crippen LogP contribution in [0, 0.1) is 16.0 Å². The number of hydrogen-bond donors (Lipinski definition) is 0. The number of carbonyl (C=O) groups excluding carboxylic acids is 1. The molecule has 0 saturated heterocycles. The Kier molecular flexibility index (Phi) is 5.04. The van der Waals surface area contributed by atoms with Crippen LogP contribution in [0.4, 0.5) is 14.5 Å². The van der Waals surface area contributed by atoms with E-state index in [-0.39, 0.29) is 17.9 Å². The molecule has 1 saturated carbocycles. The maximum Gasteiger partial charge on any atom is 0.316 e. The van der Waals surface area contributed by atoms with Crippen LogP contribution in [0.25, 0.3) is 0 Å². The van der Waals surface area contributed by atoms with Crippen LogP contribution in [0.15, 0.2) is 6.20 Å². The largest absolute Gasteiger partial charge is 0.466 e. The van der Waals surface area contributed by atoms with Crippen molar-refractivity contribution in [2.24, 2.45) is 5.92 Å². The van der Waals surface area contributed by atoms with Gasteiger partial charge < -0.3 is 4.74 Å². The van der Waals surface area contributed by atoms with Crippen LogP contribution >= 0.6 is 0 Å². The topological polar surface area (TPSA) is 87.3 Å². The second-order valence-electron chi connectivity index (χ2n) is 5.19. The third kappa shape index (κ3) is 3.40. The van der Waals surface area contributed by atoms with E-state index < -0.39 is 22.7 Å². The average Bonchev–Trinajstić information content (AvgIpc) is 2.93. The lowest BCUT2D eigenvalue weighted by molar-refractivity contribution is -0.386. The molecule has 0 bridgehead atoms. The summed E-state index contributed by atoms with van der Waals surface area (Å²) in [7, 11) is 0. The van der Waals surface area contributed by atoms with Gasteiger partial charge >= 0.3 is 11.7 Å². The number of nitrogens with zero attached hydrogens (tertiary/aromatic N) is 3. The van der Waals surface area contributed by atoms with E-state index in [1.165, 1.54) is 4.68 Å². The van der Waals surface area contributed by atoms with E-state index in [1.807, 2.05) is 0 Å². The Morgan fingerprint density at radius 1 is 1.50 bits per heavy atom. The average molecular weight is 317 g/mol. The number of carbonyl (C=O) groups is 1. The molecule has 0 radical (unpaired) electrons. The quantitative estimate of drug-likeness (QED) is 0.473. The fourth-order valence-corrected chi connectivity index (χ4v) is 2.72. The highest BCUT2D eigenvalue weighted by Crippen LogP contribution is 2.35. The number of rotatable bonds is 5. The van der Waals surface area contributed by atoms with Gasteiger partial charge in [-0.2, -0.15) is 5.10 Å². The molecule has 0 N–H and O–H groups in total. The van der Waals surface area contributed by atoms with Gasteiger partial charge in [-0.3, -0.25) is 19.6 Å². The summed E-state index contributed by atoms with van der Waals surface area (Å²) in [5.74, 6) is -0.447. The van der Waals surface area contributed by atoms with Crippen LogP contribution in [-0.2, 0) is 9.53 Å². The molecule has 0 spiro atoms. The van der Waals surface area contributed by atoms with E-state index in [0.29, 0.717) is 32.3 Å². The summed E-state index contributed by atoms with van der Waals surface area (Å²) in [5, 5.41) is 14.5. The van der Waals surface area contributed by atoms with Gasteiger partial charge in [0.05, 0.1) is 23.5 Å². The Labute approximate surface area is 125 Å². The second kappa shape index (κ2) is 6.80. The predicted octanol–water partition coefficient (Wildman–Crippen LogP) is 3.02. The minimum absolute atomic E-state index is 0.198. The predicted molar refractivity (Wildman–Crippen MR) is 71.5 cm³/mol. The first-order chi connectivity index (χ1) is 10.4. The number of esters is 1. The lowest BCUT2D eigenvalue weighted by Gasteiger charge is -2.27. The molecule has 0 amide bonds. The maximum atomic E-state index is 12.8. The Morgan fingerprint density at radius 3 is 2.59 bits per heavy atom. The molecule has 0 unspecified atom stereocenters. The highest BCUT2D eigenvalue weighted by molar-refractivity contribution is 5.72. The normalized spacial score (nSPS) is 21.8. The fraction of sp³-hybridized carbons (Fsp3) is 0.692. The number of nitro groups is 1. The molecular weight excluding hydrogens is 300 g/mol. The Bertz CT molecular complexity index is 553. The molecule has 0 aromatic carbocycles. The standard InChI is InChI=1S/C13H17F2N3O4/c1-2-22-13(19)8-3-5-9(6-4-8)17-7-10(18(20)21)11(16-17)12(14)15/h7-9,12H,2-6H2,1H3/t8-,9+. The van der Waals surface area contributed by atoms with Crippen LogP contribution in [0.1, 0.15) is 50.8 Å². The monoisotopic (exact) mass is 317 g/mol. The summed E-state index contributed by atoms with van der Waals surface area (Å²) in [6, 6.07) is -0.211. The third-order valence-electron chi connectivity index (χ3n) is 3.83. The van der Waals surface area contributed by atoms with E-state index in [9.17, 15) is 23.7 Å². The minimum Gasteiger partial charge on any atom is -0.466 e. The van der Waals surface area contributed by atoms with Crippen molar-refractivity contribution in [1.29, 1.82) is 0 Å². The lowest BCUT2D eigenvalue weighted by Crippen LogP contribution is -2.25. The molecule has 122 valence electrons. The van der Waals surface area contributed by atoms with Crippen LogP contribution in [0.3, 0.4) is 0 Å². The van der Waals surface area contributed by atoms with Gasteiger partial charge in [0.15, 0.2) is 0 Å². The molecule has 1 aliphatic carbocycles. The number of halogens is 2.